The zero-order valence-corrected chi connectivity index (χ0v) is 12.0. The summed E-state index contributed by atoms with van der Waals surface area (Å²) in [5.74, 6) is 0.962. The van der Waals surface area contributed by atoms with Crippen molar-refractivity contribution in [1.82, 2.24) is 4.90 Å². The van der Waals surface area contributed by atoms with Gasteiger partial charge < -0.3 is 10.6 Å². The molecule has 3 heteroatoms. The highest BCUT2D eigenvalue weighted by atomic mass is 79.9. The van der Waals surface area contributed by atoms with Gasteiger partial charge >= 0.3 is 0 Å². The van der Waals surface area contributed by atoms with Crippen molar-refractivity contribution in [1.29, 1.82) is 0 Å². The van der Waals surface area contributed by atoms with Crippen molar-refractivity contribution in [3.05, 3.63) is 34.3 Å². The topological polar surface area (TPSA) is 29.3 Å². The van der Waals surface area contributed by atoms with E-state index in [2.05, 4.69) is 52.1 Å². The van der Waals surface area contributed by atoms with E-state index in [1.54, 1.807) is 0 Å². The molecule has 0 bridgehead atoms. The maximum atomic E-state index is 6.20. The molecule has 1 fully saturated rings. The van der Waals surface area contributed by atoms with Crippen molar-refractivity contribution >= 4 is 15.9 Å². The third-order valence-electron chi connectivity index (χ3n) is 3.39. The van der Waals surface area contributed by atoms with Crippen molar-refractivity contribution in [2.24, 2.45) is 11.7 Å². The fourth-order valence-corrected chi connectivity index (χ4v) is 2.33. The Morgan fingerprint density at radius 1 is 1.35 bits per heavy atom. The lowest BCUT2D eigenvalue weighted by atomic mass is 10.0. The second-order valence-corrected chi connectivity index (χ2v) is 6.07. The summed E-state index contributed by atoms with van der Waals surface area (Å²) >= 11 is 3.44. The summed E-state index contributed by atoms with van der Waals surface area (Å²) < 4.78 is 1.11. The normalized spacial score (nSPS) is 17.4. The van der Waals surface area contributed by atoms with Gasteiger partial charge in [-0.3, -0.25) is 0 Å². The molecule has 2 rings (SSSR count). The van der Waals surface area contributed by atoms with Gasteiger partial charge in [-0.1, -0.05) is 28.1 Å². The first-order valence-corrected chi connectivity index (χ1v) is 7.14. The van der Waals surface area contributed by atoms with Gasteiger partial charge in [0, 0.05) is 17.1 Å². The molecule has 0 spiro atoms. The van der Waals surface area contributed by atoms with Gasteiger partial charge in [0.1, 0.15) is 0 Å². The standard InChI is InChI=1S/C14H21BrN2/c1-17(10-11-2-3-11)9-8-14(16)12-4-6-13(15)7-5-12/h4-7,11,14H,2-3,8-10,16H2,1H3. The molecule has 0 aromatic heterocycles. The van der Waals surface area contributed by atoms with Crippen molar-refractivity contribution in [2.45, 2.75) is 25.3 Å². The van der Waals surface area contributed by atoms with E-state index in [-0.39, 0.29) is 6.04 Å². The van der Waals surface area contributed by atoms with E-state index in [9.17, 15) is 0 Å². The van der Waals surface area contributed by atoms with Crippen LogP contribution in [0, 0.1) is 5.92 Å². The van der Waals surface area contributed by atoms with Gasteiger partial charge in [-0.25, -0.2) is 0 Å². The van der Waals surface area contributed by atoms with Gasteiger partial charge in [0.2, 0.25) is 0 Å². The minimum Gasteiger partial charge on any atom is -0.324 e. The van der Waals surface area contributed by atoms with Crippen molar-refractivity contribution < 1.29 is 0 Å². The smallest absolute Gasteiger partial charge is 0.0307 e. The number of rotatable bonds is 6. The van der Waals surface area contributed by atoms with Crippen LogP contribution in [-0.4, -0.2) is 25.0 Å². The van der Waals surface area contributed by atoms with Crippen molar-refractivity contribution in [3.63, 3.8) is 0 Å². The van der Waals surface area contributed by atoms with Gasteiger partial charge in [-0.15, -0.1) is 0 Å². The summed E-state index contributed by atoms with van der Waals surface area (Å²) in [7, 11) is 2.20. The fourth-order valence-electron chi connectivity index (χ4n) is 2.07. The minimum atomic E-state index is 0.157. The molecule has 1 aliphatic rings. The summed E-state index contributed by atoms with van der Waals surface area (Å²) in [4.78, 5) is 2.41. The Morgan fingerprint density at radius 2 is 2.00 bits per heavy atom. The molecule has 1 aromatic rings. The van der Waals surface area contributed by atoms with E-state index in [0.717, 1.165) is 23.4 Å². The zero-order chi connectivity index (χ0) is 12.3. The maximum absolute atomic E-state index is 6.20. The number of nitrogens with two attached hydrogens (primary N) is 1. The highest BCUT2D eigenvalue weighted by molar-refractivity contribution is 9.10. The van der Waals surface area contributed by atoms with Crippen molar-refractivity contribution in [2.75, 3.05) is 20.1 Å². The van der Waals surface area contributed by atoms with Gasteiger partial charge in [-0.2, -0.15) is 0 Å². The van der Waals surface area contributed by atoms with E-state index in [0.29, 0.717) is 0 Å². The van der Waals surface area contributed by atoms with E-state index in [1.807, 2.05) is 0 Å². The molecule has 1 unspecified atom stereocenters. The Morgan fingerprint density at radius 3 is 2.59 bits per heavy atom. The lowest BCUT2D eigenvalue weighted by Gasteiger charge is -2.19. The van der Waals surface area contributed by atoms with E-state index < -0.39 is 0 Å². The molecule has 1 saturated carbocycles. The highest BCUT2D eigenvalue weighted by Gasteiger charge is 2.22. The van der Waals surface area contributed by atoms with Gasteiger partial charge in [-0.05, 0) is 56.5 Å². The van der Waals surface area contributed by atoms with Gasteiger partial charge in [0.05, 0.1) is 0 Å². The van der Waals surface area contributed by atoms with Crippen LogP contribution in [0.25, 0.3) is 0 Å². The average Bonchev–Trinajstić information content (AvgIpc) is 3.11. The van der Waals surface area contributed by atoms with E-state index in [1.165, 1.54) is 24.9 Å². The lowest BCUT2D eigenvalue weighted by molar-refractivity contribution is 0.306. The predicted molar refractivity (Wildman–Crippen MR) is 75.9 cm³/mol. The Balaban J connectivity index is 1.75. The summed E-state index contributed by atoms with van der Waals surface area (Å²) in [6.07, 6.45) is 3.87. The molecular weight excluding hydrogens is 276 g/mol. The molecule has 1 aliphatic carbocycles. The molecule has 1 aromatic carbocycles. The monoisotopic (exact) mass is 296 g/mol. The van der Waals surface area contributed by atoms with Gasteiger partial charge in [0.25, 0.3) is 0 Å². The SMILES string of the molecule is CN(CCC(N)c1ccc(Br)cc1)CC1CC1. The van der Waals surface area contributed by atoms with E-state index >= 15 is 0 Å². The highest BCUT2D eigenvalue weighted by Crippen LogP contribution is 2.29. The quantitative estimate of drug-likeness (QED) is 0.874. The minimum absolute atomic E-state index is 0.157. The van der Waals surface area contributed by atoms with Crippen LogP contribution >= 0.6 is 15.9 Å². The summed E-state index contributed by atoms with van der Waals surface area (Å²) in [6, 6.07) is 8.49. The first-order valence-electron chi connectivity index (χ1n) is 6.35. The van der Waals surface area contributed by atoms with Crippen LogP contribution in [0.4, 0.5) is 0 Å². The summed E-state index contributed by atoms with van der Waals surface area (Å²) in [5, 5.41) is 0. The average molecular weight is 297 g/mol. The number of hydrogen-bond donors (Lipinski definition) is 1. The Bertz CT molecular complexity index is 346. The summed E-state index contributed by atoms with van der Waals surface area (Å²) in [6.45, 7) is 2.33. The molecular formula is C14H21BrN2. The Kier molecular flexibility index (Phi) is 4.60. The molecule has 0 heterocycles. The Hall–Kier alpha value is -0.380. The van der Waals surface area contributed by atoms with Crippen LogP contribution in [0.2, 0.25) is 0 Å². The van der Waals surface area contributed by atoms with Crippen LogP contribution in [0.5, 0.6) is 0 Å². The molecule has 2 N–H and O–H groups in total. The first-order chi connectivity index (χ1) is 8.15. The fraction of sp³-hybridized carbons (Fsp3) is 0.571. The molecule has 1 atom stereocenters. The molecule has 0 radical (unpaired) electrons. The molecule has 2 nitrogen and oxygen atoms in total. The molecule has 94 valence electrons. The van der Waals surface area contributed by atoms with E-state index in [4.69, 9.17) is 5.73 Å². The third kappa shape index (κ3) is 4.41. The second-order valence-electron chi connectivity index (χ2n) is 5.15. The Labute approximate surface area is 112 Å². The van der Waals surface area contributed by atoms with Crippen LogP contribution in [-0.2, 0) is 0 Å². The predicted octanol–water partition coefficient (Wildman–Crippen LogP) is 3.18. The number of nitrogens with zero attached hydrogens (tertiary/aromatic N) is 1. The third-order valence-corrected chi connectivity index (χ3v) is 3.92. The maximum Gasteiger partial charge on any atom is 0.0307 e. The first kappa shape index (κ1) is 13.1. The van der Waals surface area contributed by atoms with Gasteiger partial charge in [0.15, 0.2) is 0 Å². The van der Waals surface area contributed by atoms with Crippen LogP contribution in [0.1, 0.15) is 30.9 Å². The second kappa shape index (κ2) is 5.98. The number of hydrogen-bond acceptors (Lipinski definition) is 2. The van der Waals surface area contributed by atoms with Crippen LogP contribution in [0.3, 0.4) is 0 Å². The largest absolute Gasteiger partial charge is 0.324 e. The number of benzene rings is 1. The molecule has 17 heavy (non-hydrogen) atoms. The summed E-state index contributed by atoms with van der Waals surface area (Å²) in [5.41, 5.74) is 7.43. The molecule has 0 saturated heterocycles. The van der Waals surface area contributed by atoms with Crippen LogP contribution in [0.15, 0.2) is 28.7 Å². The van der Waals surface area contributed by atoms with Crippen LogP contribution < -0.4 is 5.73 Å². The number of halogens is 1. The molecule has 0 amide bonds. The lowest BCUT2D eigenvalue weighted by Crippen LogP contribution is -2.25. The zero-order valence-electron chi connectivity index (χ0n) is 10.4. The molecule has 0 aliphatic heterocycles. The van der Waals surface area contributed by atoms with Crippen molar-refractivity contribution in [3.8, 4) is 0 Å².